The zero-order chi connectivity index (χ0) is 19.6. The maximum absolute atomic E-state index is 12.1. The molecule has 8 N–H and O–H groups in total. The minimum absolute atomic E-state index is 0.109. The van der Waals surface area contributed by atoms with E-state index in [9.17, 15) is 20.1 Å². The number of rotatable bonds is 6. The highest BCUT2D eigenvalue weighted by Gasteiger charge is 2.39. The van der Waals surface area contributed by atoms with Gasteiger partial charge < -0.3 is 41.4 Å². The average molecular weight is 381 g/mol. The number of ether oxygens (including phenoxy) is 1. The van der Waals surface area contributed by atoms with E-state index in [1.54, 1.807) is 0 Å². The fourth-order valence-electron chi connectivity index (χ4n) is 2.87. The summed E-state index contributed by atoms with van der Waals surface area (Å²) in [6.07, 6.45) is -0.790. The van der Waals surface area contributed by atoms with Gasteiger partial charge in [-0.25, -0.2) is 15.0 Å². The standard InChI is InChI=1S/C15H23N7O5/c1-6(24)10(16)14(26)21-7-2-8(25)15(27-9(7)3-23)22-13-11-12(18-4-17-11)19-5-20-13/h4-10,15,23-25H,2-3,16H2,1H3,(H,21,26)(H2,17,18,19,20,22)/t6-,7+,8-,9-,10+,15-/m0/s1. The summed E-state index contributed by atoms with van der Waals surface area (Å²) in [5.41, 5.74) is 6.61. The van der Waals surface area contributed by atoms with Crippen LogP contribution in [0.4, 0.5) is 5.82 Å². The van der Waals surface area contributed by atoms with Crippen LogP contribution in [0.2, 0.25) is 0 Å². The first-order valence-electron chi connectivity index (χ1n) is 8.49. The number of nitrogens with two attached hydrogens (primary N) is 1. The maximum atomic E-state index is 12.1. The third kappa shape index (κ3) is 4.14. The molecule has 1 saturated heterocycles. The van der Waals surface area contributed by atoms with E-state index in [0.717, 1.165) is 0 Å². The number of aliphatic hydroxyl groups is 3. The number of aromatic nitrogens is 4. The largest absolute Gasteiger partial charge is 0.394 e. The molecule has 3 heterocycles. The molecule has 0 aromatic carbocycles. The molecule has 12 nitrogen and oxygen atoms in total. The Bertz CT molecular complexity index is 785. The molecule has 2 aromatic rings. The minimum Gasteiger partial charge on any atom is -0.394 e. The quantitative estimate of drug-likeness (QED) is 0.280. The first-order valence-corrected chi connectivity index (χ1v) is 8.49. The van der Waals surface area contributed by atoms with E-state index in [-0.39, 0.29) is 13.0 Å². The Morgan fingerprint density at radius 3 is 2.96 bits per heavy atom. The highest BCUT2D eigenvalue weighted by molar-refractivity contribution is 5.83. The van der Waals surface area contributed by atoms with E-state index in [4.69, 9.17) is 10.5 Å². The second-order valence-corrected chi connectivity index (χ2v) is 6.43. The molecule has 148 valence electrons. The van der Waals surface area contributed by atoms with Crippen molar-refractivity contribution >= 4 is 22.9 Å². The number of imidazole rings is 1. The molecule has 0 saturated carbocycles. The predicted octanol–water partition coefficient (Wildman–Crippen LogP) is -2.57. The van der Waals surface area contributed by atoms with Gasteiger partial charge in [0.15, 0.2) is 17.7 Å². The molecule has 1 amide bonds. The van der Waals surface area contributed by atoms with Gasteiger partial charge in [-0.1, -0.05) is 0 Å². The Labute approximate surface area is 154 Å². The number of carbonyl (C=O) groups excluding carboxylic acids is 1. The predicted molar refractivity (Wildman–Crippen MR) is 93.3 cm³/mol. The van der Waals surface area contributed by atoms with Gasteiger partial charge in [-0.3, -0.25) is 4.79 Å². The molecule has 3 rings (SSSR count). The minimum atomic E-state index is -1.12. The van der Waals surface area contributed by atoms with Gasteiger partial charge in [0.1, 0.15) is 30.1 Å². The van der Waals surface area contributed by atoms with Crippen LogP contribution in [0.25, 0.3) is 11.2 Å². The lowest BCUT2D eigenvalue weighted by atomic mass is 9.98. The summed E-state index contributed by atoms with van der Waals surface area (Å²) in [5.74, 6) is -0.206. The number of amides is 1. The summed E-state index contributed by atoms with van der Waals surface area (Å²) in [4.78, 5) is 27.1. The zero-order valence-electron chi connectivity index (χ0n) is 14.6. The number of carbonyl (C=O) groups is 1. The summed E-state index contributed by atoms with van der Waals surface area (Å²) in [6.45, 7) is 1.01. The van der Waals surface area contributed by atoms with Crippen LogP contribution in [-0.4, -0.2) is 84.4 Å². The summed E-state index contributed by atoms with van der Waals surface area (Å²) in [6, 6.07) is -1.79. The first-order chi connectivity index (χ1) is 12.9. The molecule has 1 aliphatic rings. The van der Waals surface area contributed by atoms with Crippen LogP contribution < -0.4 is 16.4 Å². The molecule has 0 aliphatic carbocycles. The van der Waals surface area contributed by atoms with E-state index in [0.29, 0.717) is 17.0 Å². The normalized spacial score (nSPS) is 27.9. The van der Waals surface area contributed by atoms with Crippen molar-refractivity contribution in [2.24, 2.45) is 5.73 Å². The fourth-order valence-corrected chi connectivity index (χ4v) is 2.87. The molecule has 27 heavy (non-hydrogen) atoms. The van der Waals surface area contributed by atoms with Crippen molar-refractivity contribution in [1.82, 2.24) is 25.3 Å². The second-order valence-electron chi connectivity index (χ2n) is 6.43. The molecular formula is C15H23N7O5. The van der Waals surface area contributed by atoms with Crippen LogP contribution >= 0.6 is 0 Å². The Morgan fingerprint density at radius 2 is 2.26 bits per heavy atom. The smallest absolute Gasteiger partial charge is 0.239 e. The van der Waals surface area contributed by atoms with Crippen molar-refractivity contribution in [2.45, 2.75) is 50.0 Å². The third-order valence-corrected chi connectivity index (χ3v) is 4.45. The Morgan fingerprint density at radius 1 is 1.48 bits per heavy atom. The van der Waals surface area contributed by atoms with Crippen LogP contribution in [0.5, 0.6) is 0 Å². The van der Waals surface area contributed by atoms with Crippen molar-refractivity contribution in [1.29, 1.82) is 0 Å². The van der Waals surface area contributed by atoms with E-state index in [2.05, 4.69) is 30.6 Å². The van der Waals surface area contributed by atoms with Crippen LogP contribution in [-0.2, 0) is 9.53 Å². The van der Waals surface area contributed by atoms with Gasteiger partial charge in [0.25, 0.3) is 0 Å². The first kappa shape index (κ1) is 19.4. The highest BCUT2D eigenvalue weighted by Crippen LogP contribution is 2.24. The molecule has 0 radical (unpaired) electrons. The number of hydrogen-bond donors (Lipinski definition) is 7. The highest BCUT2D eigenvalue weighted by atomic mass is 16.5. The van der Waals surface area contributed by atoms with Crippen LogP contribution in [0.15, 0.2) is 12.7 Å². The second kappa shape index (κ2) is 8.10. The summed E-state index contributed by atoms with van der Waals surface area (Å²) >= 11 is 0. The molecule has 2 aromatic heterocycles. The molecule has 0 spiro atoms. The number of H-pyrrole nitrogens is 1. The number of fused-ring (bicyclic) bond motifs is 1. The molecule has 12 heteroatoms. The van der Waals surface area contributed by atoms with Crippen molar-refractivity contribution in [3.63, 3.8) is 0 Å². The summed E-state index contributed by atoms with van der Waals surface area (Å²) < 4.78 is 5.71. The Hall–Kier alpha value is -2.38. The number of anilines is 1. The third-order valence-electron chi connectivity index (χ3n) is 4.45. The van der Waals surface area contributed by atoms with Gasteiger partial charge in [0.05, 0.1) is 25.1 Å². The van der Waals surface area contributed by atoms with E-state index >= 15 is 0 Å². The Kier molecular flexibility index (Phi) is 5.82. The van der Waals surface area contributed by atoms with Crippen molar-refractivity contribution in [2.75, 3.05) is 11.9 Å². The van der Waals surface area contributed by atoms with Crippen molar-refractivity contribution < 1.29 is 24.9 Å². The number of hydrogen-bond acceptors (Lipinski definition) is 10. The lowest BCUT2D eigenvalue weighted by Crippen LogP contribution is -2.60. The maximum Gasteiger partial charge on any atom is 0.239 e. The van der Waals surface area contributed by atoms with Gasteiger partial charge in [0, 0.05) is 6.42 Å². The lowest BCUT2D eigenvalue weighted by Gasteiger charge is -2.39. The summed E-state index contributed by atoms with van der Waals surface area (Å²) in [7, 11) is 0. The zero-order valence-corrected chi connectivity index (χ0v) is 14.6. The number of nitrogens with zero attached hydrogens (tertiary/aromatic N) is 3. The van der Waals surface area contributed by atoms with E-state index in [1.165, 1.54) is 19.6 Å². The SMILES string of the molecule is C[C@H](O)[C@@H](N)C(=O)N[C@@H]1C[C@H](O)[C@@H](Nc2ncnc3nc[nH]c23)O[C@H]1CO. The van der Waals surface area contributed by atoms with Crippen molar-refractivity contribution in [3.8, 4) is 0 Å². The summed E-state index contributed by atoms with van der Waals surface area (Å²) in [5, 5.41) is 35.0. The van der Waals surface area contributed by atoms with Gasteiger partial charge in [0.2, 0.25) is 5.91 Å². The molecule has 1 fully saturated rings. The molecule has 0 bridgehead atoms. The van der Waals surface area contributed by atoms with E-state index < -0.39 is 42.5 Å². The van der Waals surface area contributed by atoms with Crippen LogP contribution in [0.1, 0.15) is 13.3 Å². The average Bonchev–Trinajstić information content (AvgIpc) is 3.12. The topological polar surface area (TPSA) is 192 Å². The number of aromatic amines is 1. The lowest BCUT2D eigenvalue weighted by molar-refractivity contribution is -0.144. The van der Waals surface area contributed by atoms with Crippen LogP contribution in [0, 0.1) is 0 Å². The monoisotopic (exact) mass is 381 g/mol. The molecule has 0 unspecified atom stereocenters. The van der Waals surface area contributed by atoms with E-state index in [1.807, 2.05) is 0 Å². The van der Waals surface area contributed by atoms with Gasteiger partial charge in [-0.15, -0.1) is 0 Å². The van der Waals surface area contributed by atoms with Gasteiger partial charge in [-0.2, -0.15) is 0 Å². The van der Waals surface area contributed by atoms with Gasteiger partial charge in [-0.05, 0) is 6.92 Å². The fraction of sp³-hybridized carbons (Fsp3) is 0.600. The number of nitrogens with one attached hydrogen (secondary N) is 3. The van der Waals surface area contributed by atoms with Crippen molar-refractivity contribution in [3.05, 3.63) is 12.7 Å². The molecule has 1 aliphatic heterocycles. The molecular weight excluding hydrogens is 358 g/mol. The Balaban J connectivity index is 1.69. The van der Waals surface area contributed by atoms with Gasteiger partial charge >= 0.3 is 0 Å². The van der Waals surface area contributed by atoms with Crippen LogP contribution in [0.3, 0.4) is 0 Å². The number of aliphatic hydroxyl groups excluding tert-OH is 3. The molecule has 6 atom stereocenters.